The zero-order valence-corrected chi connectivity index (χ0v) is 17.3. The molecular weight excluding hydrogens is 372 g/mol. The highest BCUT2D eigenvalue weighted by Gasteiger charge is 2.49. The molecule has 6 nitrogen and oxygen atoms in total. The summed E-state index contributed by atoms with van der Waals surface area (Å²) in [5.74, 6) is 0.340. The van der Waals surface area contributed by atoms with E-state index in [-0.39, 0.29) is 11.4 Å². The first-order valence-corrected chi connectivity index (χ1v) is 12.4. The van der Waals surface area contributed by atoms with Crippen LogP contribution in [0.4, 0.5) is 0 Å². The number of rotatable bonds is 4. The van der Waals surface area contributed by atoms with Gasteiger partial charge in [-0.3, -0.25) is 0 Å². The van der Waals surface area contributed by atoms with Crippen LogP contribution in [0.1, 0.15) is 51.0 Å². The van der Waals surface area contributed by atoms with Crippen LogP contribution in [0, 0.1) is 0 Å². The average Bonchev–Trinajstić information content (AvgIpc) is 2.98. The third-order valence-corrected chi connectivity index (χ3v) is 8.87. The van der Waals surface area contributed by atoms with Crippen molar-refractivity contribution in [3.8, 4) is 0 Å². The molecule has 146 valence electrons. The number of sulfonamides is 2. The van der Waals surface area contributed by atoms with Crippen molar-refractivity contribution < 1.29 is 16.8 Å². The molecule has 1 aromatic rings. The predicted octanol–water partition coefficient (Wildman–Crippen LogP) is 2.39. The van der Waals surface area contributed by atoms with E-state index in [1.54, 1.807) is 12.1 Å². The Hall–Kier alpha value is -0.960. The minimum atomic E-state index is -3.63. The number of nitrogens with zero attached hydrogens (tertiary/aromatic N) is 2. The van der Waals surface area contributed by atoms with E-state index in [0.29, 0.717) is 25.4 Å². The van der Waals surface area contributed by atoms with Crippen LogP contribution in [-0.4, -0.2) is 56.9 Å². The Morgan fingerprint density at radius 1 is 0.962 bits per heavy atom. The lowest BCUT2D eigenvalue weighted by Crippen LogP contribution is -2.58. The lowest BCUT2D eigenvalue weighted by molar-refractivity contribution is 0.138. The molecule has 0 saturated carbocycles. The van der Waals surface area contributed by atoms with Crippen molar-refractivity contribution >= 4 is 20.0 Å². The molecular formula is C18H28N2O4S2. The molecule has 0 aromatic heterocycles. The van der Waals surface area contributed by atoms with Gasteiger partial charge in [0.2, 0.25) is 20.0 Å². The van der Waals surface area contributed by atoms with Gasteiger partial charge in [-0.2, -0.15) is 8.61 Å². The number of hydrogen-bond donors (Lipinski definition) is 0. The first kappa shape index (κ1) is 19.8. The summed E-state index contributed by atoms with van der Waals surface area (Å²) in [6.45, 7) is 5.30. The number of benzene rings is 1. The van der Waals surface area contributed by atoms with Crippen molar-refractivity contribution in [3.05, 3.63) is 29.8 Å². The van der Waals surface area contributed by atoms with Gasteiger partial charge in [-0.1, -0.05) is 26.0 Å². The molecule has 0 aliphatic carbocycles. The fourth-order valence-corrected chi connectivity index (χ4v) is 7.25. The van der Waals surface area contributed by atoms with Crippen LogP contribution in [0.25, 0.3) is 0 Å². The second-order valence-corrected chi connectivity index (χ2v) is 11.7. The second kappa shape index (κ2) is 6.89. The highest BCUT2D eigenvalue weighted by molar-refractivity contribution is 7.89. The van der Waals surface area contributed by atoms with Gasteiger partial charge >= 0.3 is 0 Å². The maximum absolute atomic E-state index is 13.1. The third kappa shape index (κ3) is 3.56. The summed E-state index contributed by atoms with van der Waals surface area (Å²) in [5, 5.41) is 0. The minimum Gasteiger partial charge on any atom is -0.212 e. The van der Waals surface area contributed by atoms with Crippen molar-refractivity contribution in [1.82, 2.24) is 8.61 Å². The SMILES string of the molecule is CC(C)c1ccc(S(=O)(=O)N2CCC[C@@]3(CCCN3S(C)(=O)=O)C2)cc1. The summed E-state index contributed by atoms with van der Waals surface area (Å²) >= 11 is 0. The van der Waals surface area contributed by atoms with E-state index in [9.17, 15) is 16.8 Å². The molecule has 1 aromatic carbocycles. The molecule has 1 atom stereocenters. The van der Waals surface area contributed by atoms with Gasteiger partial charge < -0.3 is 0 Å². The molecule has 2 aliphatic rings. The minimum absolute atomic E-state index is 0.244. The van der Waals surface area contributed by atoms with E-state index in [1.165, 1.54) is 14.9 Å². The molecule has 0 radical (unpaired) electrons. The van der Waals surface area contributed by atoms with Crippen molar-refractivity contribution in [1.29, 1.82) is 0 Å². The highest BCUT2D eigenvalue weighted by atomic mass is 32.2. The van der Waals surface area contributed by atoms with E-state index in [4.69, 9.17) is 0 Å². The van der Waals surface area contributed by atoms with Gasteiger partial charge in [0.1, 0.15) is 0 Å². The van der Waals surface area contributed by atoms with Gasteiger partial charge in [0, 0.05) is 25.2 Å². The summed E-state index contributed by atoms with van der Waals surface area (Å²) in [7, 11) is -6.97. The summed E-state index contributed by atoms with van der Waals surface area (Å²) in [6.07, 6.45) is 4.12. The number of piperidine rings is 1. The Kier molecular flexibility index (Phi) is 5.24. The number of hydrogen-bond acceptors (Lipinski definition) is 4. The molecule has 3 rings (SSSR count). The average molecular weight is 401 g/mol. The van der Waals surface area contributed by atoms with E-state index in [1.807, 2.05) is 12.1 Å². The van der Waals surface area contributed by atoms with Gasteiger partial charge in [-0.25, -0.2) is 16.8 Å². The van der Waals surface area contributed by atoms with Gasteiger partial charge in [0.15, 0.2) is 0 Å². The van der Waals surface area contributed by atoms with E-state index in [0.717, 1.165) is 24.8 Å². The first-order valence-electron chi connectivity index (χ1n) is 9.14. The van der Waals surface area contributed by atoms with E-state index < -0.39 is 25.6 Å². The maximum atomic E-state index is 13.1. The lowest BCUT2D eigenvalue weighted by Gasteiger charge is -2.44. The van der Waals surface area contributed by atoms with Crippen molar-refractivity contribution in [2.24, 2.45) is 0 Å². The van der Waals surface area contributed by atoms with Crippen molar-refractivity contribution in [2.45, 2.75) is 55.9 Å². The molecule has 0 N–H and O–H groups in total. The molecule has 2 aliphatic heterocycles. The van der Waals surface area contributed by atoms with E-state index in [2.05, 4.69) is 13.8 Å². The summed E-state index contributed by atoms with van der Waals surface area (Å²) in [6, 6.07) is 7.04. The van der Waals surface area contributed by atoms with E-state index >= 15 is 0 Å². The van der Waals surface area contributed by atoms with Gasteiger partial charge in [0.25, 0.3) is 0 Å². The Balaban J connectivity index is 1.89. The zero-order valence-electron chi connectivity index (χ0n) is 15.7. The molecule has 0 amide bonds. The Bertz CT molecular complexity index is 863. The normalized spacial score (nSPS) is 26.0. The summed E-state index contributed by atoms with van der Waals surface area (Å²) < 4.78 is 53.6. The fraction of sp³-hybridized carbons (Fsp3) is 0.667. The molecule has 0 bridgehead atoms. The van der Waals surface area contributed by atoms with Crippen molar-refractivity contribution in [2.75, 3.05) is 25.9 Å². The molecule has 2 heterocycles. The fourth-order valence-electron chi connectivity index (χ4n) is 4.29. The Labute approximate surface area is 157 Å². The Morgan fingerprint density at radius 2 is 1.54 bits per heavy atom. The van der Waals surface area contributed by atoms with Crippen LogP contribution in [0.5, 0.6) is 0 Å². The standard InChI is InChI=1S/C18H28N2O4S2/c1-15(2)16-6-8-17(9-7-16)26(23,24)19-12-4-10-18(14-19)11-5-13-20(18)25(3,21)22/h6-9,15H,4-5,10-14H2,1-3H3/t18-/m1/s1. The molecule has 1 spiro atoms. The predicted molar refractivity (Wildman–Crippen MR) is 102 cm³/mol. The van der Waals surface area contributed by atoms with Crippen LogP contribution in [0.15, 0.2) is 29.2 Å². The Morgan fingerprint density at radius 3 is 2.08 bits per heavy atom. The van der Waals surface area contributed by atoms with Crippen molar-refractivity contribution in [3.63, 3.8) is 0 Å². The smallest absolute Gasteiger partial charge is 0.212 e. The maximum Gasteiger partial charge on any atom is 0.243 e. The van der Waals surface area contributed by atoms with Gasteiger partial charge in [-0.05, 0) is 49.3 Å². The first-order chi connectivity index (χ1) is 12.1. The zero-order chi connectivity index (χ0) is 19.2. The van der Waals surface area contributed by atoms with Crippen LogP contribution in [0.2, 0.25) is 0 Å². The van der Waals surface area contributed by atoms with Gasteiger partial charge in [0.05, 0.1) is 11.2 Å². The van der Waals surface area contributed by atoms with Crippen LogP contribution in [-0.2, 0) is 20.0 Å². The third-order valence-electron chi connectivity index (χ3n) is 5.64. The molecule has 2 fully saturated rings. The molecule has 8 heteroatoms. The van der Waals surface area contributed by atoms with Crippen LogP contribution < -0.4 is 0 Å². The quantitative estimate of drug-likeness (QED) is 0.778. The molecule has 0 unspecified atom stereocenters. The lowest BCUT2D eigenvalue weighted by atomic mass is 9.89. The van der Waals surface area contributed by atoms with Gasteiger partial charge in [-0.15, -0.1) is 0 Å². The molecule has 26 heavy (non-hydrogen) atoms. The summed E-state index contributed by atoms with van der Waals surface area (Å²) in [5.41, 5.74) is 0.509. The second-order valence-electron chi connectivity index (χ2n) is 7.83. The monoisotopic (exact) mass is 400 g/mol. The molecule has 2 saturated heterocycles. The topological polar surface area (TPSA) is 74.8 Å². The van der Waals surface area contributed by atoms with Crippen LogP contribution in [0.3, 0.4) is 0 Å². The largest absolute Gasteiger partial charge is 0.243 e. The van der Waals surface area contributed by atoms with Crippen LogP contribution >= 0.6 is 0 Å². The summed E-state index contributed by atoms with van der Waals surface area (Å²) in [4.78, 5) is 0.280. The highest BCUT2D eigenvalue weighted by Crippen LogP contribution is 2.40.